The first-order valence-corrected chi connectivity index (χ1v) is 7.31. The molecule has 0 bridgehead atoms. The molecule has 4 nitrogen and oxygen atoms in total. The summed E-state index contributed by atoms with van der Waals surface area (Å²) < 4.78 is 15.0. The maximum absolute atomic E-state index is 14.0. The van der Waals surface area contributed by atoms with E-state index in [0.29, 0.717) is 16.9 Å². The number of para-hydroxylation sites is 1. The number of aromatic nitrogens is 2. The second kappa shape index (κ2) is 6.25. The molecule has 0 aliphatic rings. The standard InChI is InChI=1S/C18H20FN3O/c1-12-15(16(19)22(5)21-12)17(23)20-14-9-7-6-8-13(14)10-11-18(2,3)4/h6-9H,1-5H3,(H,20,23). The summed E-state index contributed by atoms with van der Waals surface area (Å²) in [5.74, 6) is 5.01. The lowest BCUT2D eigenvalue weighted by atomic mass is 9.97. The van der Waals surface area contributed by atoms with E-state index in [-0.39, 0.29) is 11.0 Å². The molecule has 0 spiro atoms. The van der Waals surface area contributed by atoms with Crippen molar-refractivity contribution >= 4 is 11.6 Å². The summed E-state index contributed by atoms with van der Waals surface area (Å²) >= 11 is 0. The fraction of sp³-hybridized carbons (Fsp3) is 0.333. The van der Waals surface area contributed by atoms with Gasteiger partial charge in [0.05, 0.1) is 11.4 Å². The van der Waals surface area contributed by atoms with Gasteiger partial charge in [0.25, 0.3) is 5.91 Å². The number of anilines is 1. The van der Waals surface area contributed by atoms with Crippen LogP contribution < -0.4 is 5.32 Å². The van der Waals surface area contributed by atoms with Crippen LogP contribution in [0.1, 0.15) is 42.4 Å². The summed E-state index contributed by atoms with van der Waals surface area (Å²) in [6, 6.07) is 7.21. The number of amides is 1. The molecule has 1 amide bonds. The van der Waals surface area contributed by atoms with Gasteiger partial charge in [0, 0.05) is 18.0 Å². The summed E-state index contributed by atoms with van der Waals surface area (Å²) in [7, 11) is 1.46. The number of halogens is 1. The van der Waals surface area contributed by atoms with E-state index >= 15 is 0 Å². The van der Waals surface area contributed by atoms with E-state index in [0.717, 1.165) is 4.68 Å². The molecule has 0 aliphatic carbocycles. The van der Waals surface area contributed by atoms with Crippen LogP contribution in [0.3, 0.4) is 0 Å². The average molecular weight is 313 g/mol. The molecule has 23 heavy (non-hydrogen) atoms. The predicted octanol–water partition coefficient (Wildman–Crippen LogP) is 3.52. The first kappa shape index (κ1) is 16.8. The molecule has 120 valence electrons. The zero-order valence-electron chi connectivity index (χ0n) is 14.0. The summed E-state index contributed by atoms with van der Waals surface area (Å²) in [5.41, 5.74) is 1.39. The molecule has 0 saturated carbocycles. The Hall–Kier alpha value is -2.61. The van der Waals surface area contributed by atoms with E-state index in [1.165, 1.54) is 7.05 Å². The molecule has 2 aromatic rings. The molecule has 2 rings (SSSR count). The molecule has 0 aliphatic heterocycles. The average Bonchev–Trinajstić information content (AvgIpc) is 2.70. The summed E-state index contributed by atoms with van der Waals surface area (Å²) in [5, 5.41) is 6.64. The monoisotopic (exact) mass is 313 g/mol. The van der Waals surface area contributed by atoms with Crippen LogP contribution in [0.15, 0.2) is 24.3 Å². The van der Waals surface area contributed by atoms with Crippen molar-refractivity contribution in [2.24, 2.45) is 12.5 Å². The van der Waals surface area contributed by atoms with Crippen LogP contribution in [0.4, 0.5) is 10.1 Å². The third kappa shape index (κ3) is 3.98. The highest BCUT2D eigenvalue weighted by Gasteiger charge is 2.21. The summed E-state index contributed by atoms with van der Waals surface area (Å²) in [6.45, 7) is 7.63. The fourth-order valence-electron chi connectivity index (χ4n) is 2.03. The second-order valence-corrected chi connectivity index (χ2v) is 6.37. The van der Waals surface area contributed by atoms with Crippen LogP contribution in [0, 0.1) is 30.1 Å². The van der Waals surface area contributed by atoms with E-state index in [1.807, 2.05) is 32.9 Å². The molecule has 1 N–H and O–H groups in total. The van der Waals surface area contributed by atoms with Crippen molar-refractivity contribution in [3.8, 4) is 11.8 Å². The van der Waals surface area contributed by atoms with Crippen molar-refractivity contribution in [3.63, 3.8) is 0 Å². The van der Waals surface area contributed by atoms with Gasteiger partial charge in [0.2, 0.25) is 5.95 Å². The Kier molecular flexibility index (Phi) is 4.55. The fourth-order valence-corrected chi connectivity index (χ4v) is 2.03. The van der Waals surface area contributed by atoms with Crippen molar-refractivity contribution in [1.82, 2.24) is 9.78 Å². The lowest BCUT2D eigenvalue weighted by molar-refractivity contribution is 0.102. The number of benzene rings is 1. The van der Waals surface area contributed by atoms with Crippen molar-refractivity contribution in [2.45, 2.75) is 27.7 Å². The molecule has 0 fully saturated rings. The zero-order chi connectivity index (χ0) is 17.2. The Balaban J connectivity index is 2.33. The van der Waals surface area contributed by atoms with E-state index in [2.05, 4.69) is 22.3 Å². The topological polar surface area (TPSA) is 46.9 Å². The van der Waals surface area contributed by atoms with Gasteiger partial charge in [-0.25, -0.2) is 4.68 Å². The minimum Gasteiger partial charge on any atom is -0.321 e. The van der Waals surface area contributed by atoms with Crippen LogP contribution in [0.2, 0.25) is 0 Å². The molecule has 5 heteroatoms. The third-order valence-electron chi connectivity index (χ3n) is 3.13. The highest BCUT2D eigenvalue weighted by atomic mass is 19.1. The van der Waals surface area contributed by atoms with Gasteiger partial charge >= 0.3 is 0 Å². The number of hydrogen-bond donors (Lipinski definition) is 1. The quantitative estimate of drug-likeness (QED) is 0.862. The third-order valence-corrected chi connectivity index (χ3v) is 3.13. The molecule has 0 atom stereocenters. The lowest BCUT2D eigenvalue weighted by Crippen LogP contribution is -2.15. The number of aryl methyl sites for hydroxylation is 2. The molecule has 1 aromatic heterocycles. The number of nitrogens with zero attached hydrogens (tertiary/aromatic N) is 2. The molecule has 1 aromatic carbocycles. The normalized spacial score (nSPS) is 10.9. The van der Waals surface area contributed by atoms with Crippen molar-refractivity contribution < 1.29 is 9.18 Å². The van der Waals surface area contributed by atoms with Crippen molar-refractivity contribution in [3.05, 3.63) is 47.0 Å². The Morgan fingerprint density at radius 3 is 2.52 bits per heavy atom. The number of nitrogens with one attached hydrogen (secondary N) is 1. The highest BCUT2D eigenvalue weighted by Crippen LogP contribution is 2.19. The van der Waals surface area contributed by atoms with Gasteiger partial charge in [0.1, 0.15) is 5.56 Å². The second-order valence-electron chi connectivity index (χ2n) is 6.37. The minimum absolute atomic E-state index is 0.0499. The summed E-state index contributed by atoms with van der Waals surface area (Å²) in [6.07, 6.45) is 0. The molecule has 1 heterocycles. The Bertz CT molecular complexity index is 804. The van der Waals surface area contributed by atoms with Gasteiger partial charge in [-0.05, 0) is 39.8 Å². The van der Waals surface area contributed by atoms with Crippen LogP contribution in [-0.4, -0.2) is 15.7 Å². The smallest absolute Gasteiger partial charge is 0.262 e. The Morgan fingerprint density at radius 1 is 1.30 bits per heavy atom. The maximum Gasteiger partial charge on any atom is 0.262 e. The predicted molar refractivity (Wildman–Crippen MR) is 88.6 cm³/mol. The molecule has 0 radical (unpaired) electrons. The van der Waals surface area contributed by atoms with Crippen molar-refractivity contribution in [2.75, 3.05) is 5.32 Å². The molecular weight excluding hydrogens is 293 g/mol. The van der Waals surface area contributed by atoms with Gasteiger partial charge in [0.15, 0.2) is 0 Å². The van der Waals surface area contributed by atoms with Gasteiger partial charge in [-0.15, -0.1) is 0 Å². The minimum atomic E-state index is -0.654. The van der Waals surface area contributed by atoms with E-state index < -0.39 is 11.9 Å². The zero-order valence-corrected chi connectivity index (χ0v) is 14.0. The van der Waals surface area contributed by atoms with Crippen LogP contribution in [0.5, 0.6) is 0 Å². The van der Waals surface area contributed by atoms with Gasteiger partial charge in [-0.2, -0.15) is 9.49 Å². The van der Waals surface area contributed by atoms with Gasteiger partial charge in [-0.1, -0.05) is 24.0 Å². The summed E-state index contributed by atoms with van der Waals surface area (Å²) in [4.78, 5) is 12.4. The highest BCUT2D eigenvalue weighted by molar-refractivity contribution is 6.05. The first-order chi connectivity index (χ1) is 10.7. The lowest BCUT2D eigenvalue weighted by Gasteiger charge is -2.09. The van der Waals surface area contributed by atoms with Crippen molar-refractivity contribution in [1.29, 1.82) is 0 Å². The number of rotatable bonds is 2. The van der Waals surface area contributed by atoms with Gasteiger partial charge in [-0.3, -0.25) is 4.79 Å². The number of hydrogen-bond acceptors (Lipinski definition) is 2. The molecular formula is C18H20FN3O. The number of carbonyl (C=O) groups excluding carboxylic acids is 1. The van der Waals surface area contributed by atoms with E-state index in [4.69, 9.17) is 0 Å². The van der Waals surface area contributed by atoms with E-state index in [9.17, 15) is 9.18 Å². The van der Waals surface area contributed by atoms with Crippen LogP contribution >= 0.6 is 0 Å². The Morgan fingerprint density at radius 2 is 1.96 bits per heavy atom. The van der Waals surface area contributed by atoms with Crippen LogP contribution in [-0.2, 0) is 7.05 Å². The Labute approximate surface area is 135 Å². The molecule has 0 saturated heterocycles. The van der Waals surface area contributed by atoms with E-state index in [1.54, 1.807) is 19.1 Å². The number of carbonyl (C=O) groups is 1. The SMILES string of the molecule is Cc1nn(C)c(F)c1C(=O)Nc1ccccc1C#CC(C)(C)C. The van der Waals surface area contributed by atoms with Gasteiger partial charge < -0.3 is 5.32 Å². The first-order valence-electron chi connectivity index (χ1n) is 7.31. The maximum atomic E-state index is 14.0. The van der Waals surface area contributed by atoms with Crippen LogP contribution in [0.25, 0.3) is 0 Å². The molecule has 0 unspecified atom stereocenters. The largest absolute Gasteiger partial charge is 0.321 e.